The van der Waals surface area contributed by atoms with Crippen molar-refractivity contribution in [1.82, 2.24) is 9.21 Å². The van der Waals surface area contributed by atoms with E-state index < -0.39 is 10.0 Å². The molecule has 0 bridgehead atoms. The molecule has 0 amide bonds. The Hall–Kier alpha value is -2.94. The molecule has 0 radical (unpaired) electrons. The van der Waals surface area contributed by atoms with E-state index in [1.807, 2.05) is 59.7 Å². The molecule has 0 N–H and O–H groups in total. The van der Waals surface area contributed by atoms with Gasteiger partial charge in [0, 0.05) is 32.2 Å². The molecule has 1 aromatic heterocycles. The van der Waals surface area contributed by atoms with Gasteiger partial charge in [0.1, 0.15) is 18.6 Å². The van der Waals surface area contributed by atoms with E-state index in [4.69, 9.17) is 9.15 Å². The van der Waals surface area contributed by atoms with E-state index in [9.17, 15) is 13.2 Å². The Morgan fingerprint density at radius 3 is 2.00 bits per heavy atom. The molecule has 4 rings (SSSR count). The first-order valence-electron chi connectivity index (χ1n) is 12.6. The molecule has 2 aromatic carbocycles. The summed E-state index contributed by atoms with van der Waals surface area (Å²) in [6.07, 6.45) is 1.37. The third kappa shape index (κ3) is 5.98. The molecule has 1 aliphatic heterocycles. The van der Waals surface area contributed by atoms with Gasteiger partial charge in [0.2, 0.25) is 21.2 Å². The zero-order chi connectivity index (χ0) is 26.9. The molecular formula is C29H36N2O5S. The van der Waals surface area contributed by atoms with E-state index in [1.165, 1.54) is 12.3 Å². The van der Waals surface area contributed by atoms with Crippen LogP contribution < -0.4 is 10.2 Å². The number of ether oxygens (including phenoxy) is 1. The van der Waals surface area contributed by atoms with Crippen molar-refractivity contribution in [2.24, 2.45) is 0 Å². The van der Waals surface area contributed by atoms with Crippen molar-refractivity contribution in [3.63, 3.8) is 0 Å². The predicted molar refractivity (Wildman–Crippen MR) is 145 cm³/mol. The maximum atomic E-state index is 13.5. The van der Waals surface area contributed by atoms with Gasteiger partial charge >= 0.3 is 0 Å². The van der Waals surface area contributed by atoms with Crippen molar-refractivity contribution in [3.05, 3.63) is 91.5 Å². The van der Waals surface area contributed by atoms with Crippen LogP contribution in [0, 0.1) is 41.5 Å². The summed E-state index contributed by atoms with van der Waals surface area (Å²) in [6, 6.07) is 9.65. The van der Waals surface area contributed by atoms with Gasteiger partial charge in [-0.15, -0.1) is 0 Å². The number of aryl methyl sites for hydroxylation is 4. The molecule has 1 fully saturated rings. The van der Waals surface area contributed by atoms with Gasteiger partial charge in [-0.3, -0.25) is 9.69 Å². The third-order valence-electron chi connectivity index (χ3n) is 7.13. The lowest BCUT2D eigenvalue weighted by atomic mass is 10.0. The van der Waals surface area contributed by atoms with Gasteiger partial charge in [0.15, 0.2) is 0 Å². The second-order valence-electron chi connectivity index (χ2n) is 10.1. The zero-order valence-electron chi connectivity index (χ0n) is 22.6. The van der Waals surface area contributed by atoms with Gasteiger partial charge in [0.05, 0.1) is 11.4 Å². The van der Waals surface area contributed by atoms with Crippen LogP contribution in [0.1, 0.15) is 44.7 Å². The predicted octanol–water partition coefficient (Wildman–Crippen LogP) is 4.58. The van der Waals surface area contributed by atoms with Gasteiger partial charge < -0.3 is 9.15 Å². The quantitative estimate of drug-likeness (QED) is 0.450. The number of rotatable bonds is 7. The van der Waals surface area contributed by atoms with Gasteiger partial charge in [-0.25, -0.2) is 8.42 Å². The van der Waals surface area contributed by atoms with Crippen LogP contribution in [0.3, 0.4) is 0 Å². The monoisotopic (exact) mass is 524 g/mol. The van der Waals surface area contributed by atoms with Crippen LogP contribution in [0.5, 0.6) is 5.75 Å². The van der Waals surface area contributed by atoms with Gasteiger partial charge in [-0.05, 0) is 69.4 Å². The molecule has 8 heteroatoms. The van der Waals surface area contributed by atoms with E-state index in [1.54, 1.807) is 4.31 Å². The Bertz CT molecular complexity index is 1420. The van der Waals surface area contributed by atoms with E-state index in [-0.39, 0.29) is 11.2 Å². The summed E-state index contributed by atoms with van der Waals surface area (Å²) in [5.41, 5.74) is 6.65. The fraction of sp³-hybridized carbons (Fsp3) is 0.414. The smallest absolute Gasteiger partial charge is 0.243 e. The number of hydrogen-bond donors (Lipinski definition) is 0. The van der Waals surface area contributed by atoms with E-state index >= 15 is 0 Å². The van der Waals surface area contributed by atoms with Crippen molar-refractivity contribution in [2.45, 2.75) is 59.6 Å². The molecule has 3 aromatic rings. The van der Waals surface area contributed by atoms with Crippen molar-refractivity contribution in [3.8, 4) is 5.75 Å². The highest BCUT2D eigenvalue weighted by Crippen LogP contribution is 2.29. The lowest BCUT2D eigenvalue weighted by molar-refractivity contribution is 0.169. The average molecular weight is 525 g/mol. The van der Waals surface area contributed by atoms with Crippen LogP contribution in [0.2, 0.25) is 0 Å². The Morgan fingerprint density at radius 2 is 1.43 bits per heavy atom. The van der Waals surface area contributed by atoms with Crippen LogP contribution in [0.15, 0.2) is 50.7 Å². The van der Waals surface area contributed by atoms with E-state index in [0.717, 1.165) is 38.9 Å². The first kappa shape index (κ1) is 27.1. The molecule has 0 spiro atoms. The number of benzene rings is 2. The summed E-state index contributed by atoms with van der Waals surface area (Å²) in [4.78, 5) is 15.1. The molecule has 0 unspecified atom stereocenters. The molecule has 7 nitrogen and oxygen atoms in total. The Morgan fingerprint density at radius 1 is 0.838 bits per heavy atom. The highest BCUT2D eigenvalue weighted by atomic mass is 32.2. The highest BCUT2D eigenvalue weighted by Gasteiger charge is 2.32. The van der Waals surface area contributed by atoms with Crippen LogP contribution in [0.25, 0.3) is 0 Å². The molecule has 198 valence electrons. The lowest BCUT2D eigenvalue weighted by Gasteiger charge is -2.34. The first-order valence-corrected chi connectivity index (χ1v) is 14.0. The maximum absolute atomic E-state index is 13.5. The molecule has 0 aliphatic carbocycles. The van der Waals surface area contributed by atoms with Gasteiger partial charge in [0.25, 0.3) is 0 Å². The Kier molecular flexibility index (Phi) is 7.92. The lowest BCUT2D eigenvalue weighted by Crippen LogP contribution is -2.48. The molecule has 1 aliphatic rings. The van der Waals surface area contributed by atoms with E-state index in [2.05, 4.69) is 11.0 Å². The van der Waals surface area contributed by atoms with Gasteiger partial charge in [-0.1, -0.05) is 35.4 Å². The maximum Gasteiger partial charge on any atom is 0.243 e. The fourth-order valence-corrected chi connectivity index (χ4v) is 6.98. The van der Waals surface area contributed by atoms with Crippen molar-refractivity contribution < 1.29 is 17.6 Å². The van der Waals surface area contributed by atoms with E-state index in [0.29, 0.717) is 50.0 Å². The summed E-state index contributed by atoms with van der Waals surface area (Å²) in [5, 5.41) is 0. The van der Waals surface area contributed by atoms with Crippen molar-refractivity contribution in [2.75, 3.05) is 26.2 Å². The van der Waals surface area contributed by atoms with Gasteiger partial charge in [-0.2, -0.15) is 4.31 Å². The third-order valence-corrected chi connectivity index (χ3v) is 9.31. The van der Waals surface area contributed by atoms with Crippen molar-refractivity contribution in [1.29, 1.82) is 0 Å². The fourth-order valence-electron chi connectivity index (χ4n) is 4.99. The Balaban J connectivity index is 1.38. The standard InChI is InChI=1S/C29H36N2O5S/c1-19-11-20(2)13-25(12-19)17-36-28-18-35-26(15-27(28)32)16-30-7-9-31(10-8-30)37(33,34)29-23(5)21(3)14-22(4)24(29)6/h11-15,18H,7-10,16-17H2,1-6H3. The number of sulfonamides is 1. The van der Waals surface area contributed by atoms with Crippen LogP contribution >= 0.6 is 0 Å². The minimum atomic E-state index is -3.60. The number of nitrogens with zero attached hydrogens (tertiary/aromatic N) is 2. The van der Waals surface area contributed by atoms with Crippen molar-refractivity contribution >= 4 is 10.0 Å². The zero-order valence-corrected chi connectivity index (χ0v) is 23.4. The minimum absolute atomic E-state index is 0.179. The number of piperazine rings is 1. The average Bonchev–Trinajstić information content (AvgIpc) is 2.82. The molecule has 0 atom stereocenters. The largest absolute Gasteiger partial charge is 0.482 e. The summed E-state index contributed by atoms with van der Waals surface area (Å²) < 4.78 is 40.0. The molecule has 0 saturated carbocycles. The van der Waals surface area contributed by atoms with Crippen LogP contribution in [-0.4, -0.2) is 43.8 Å². The minimum Gasteiger partial charge on any atom is -0.482 e. The SMILES string of the molecule is Cc1cc(C)cc(COc2coc(CN3CCN(S(=O)(=O)c4c(C)c(C)cc(C)c4C)CC3)cc2=O)c1. The Labute approximate surface area is 219 Å². The molecule has 2 heterocycles. The molecule has 37 heavy (non-hydrogen) atoms. The topological polar surface area (TPSA) is 80.1 Å². The van der Waals surface area contributed by atoms with Crippen LogP contribution in [0.4, 0.5) is 0 Å². The summed E-state index contributed by atoms with van der Waals surface area (Å²) >= 11 is 0. The summed E-state index contributed by atoms with van der Waals surface area (Å²) in [6.45, 7) is 14.3. The molecular weight excluding hydrogens is 488 g/mol. The highest BCUT2D eigenvalue weighted by molar-refractivity contribution is 7.89. The second-order valence-corrected chi connectivity index (χ2v) is 12.0. The molecule has 1 saturated heterocycles. The second kappa shape index (κ2) is 10.8. The van der Waals surface area contributed by atoms with Crippen LogP contribution in [-0.2, 0) is 23.2 Å². The summed E-state index contributed by atoms with van der Waals surface area (Å²) in [5.74, 6) is 0.707. The summed E-state index contributed by atoms with van der Waals surface area (Å²) in [7, 11) is -3.60. The first-order chi connectivity index (χ1) is 17.5. The normalized spacial score (nSPS) is 15.2. The number of hydrogen-bond acceptors (Lipinski definition) is 6.